The summed E-state index contributed by atoms with van der Waals surface area (Å²) in [4.78, 5) is 14.1. The van der Waals surface area contributed by atoms with Crippen LogP contribution >= 0.6 is 0 Å². The third-order valence-corrected chi connectivity index (χ3v) is 4.49. The number of aromatic nitrogens is 1. The smallest absolute Gasteiger partial charge is 0.223 e. The number of fused-ring (bicyclic) bond motifs is 1. The summed E-state index contributed by atoms with van der Waals surface area (Å²) in [6, 6.07) is 5.20. The molecule has 6 heteroatoms. The highest BCUT2D eigenvalue weighted by Crippen LogP contribution is 2.29. The molecule has 1 aliphatic rings. The maximum absolute atomic E-state index is 9.61. The topological polar surface area (TPSA) is 90.0 Å². The zero-order valence-corrected chi connectivity index (χ0v) is 14.1. The van der Waals surface area contributed by atoms with E-state index in [1.54, 1.807) is 12.1 Å². The molecule has 1 fully saturated rings. The molecule has 0 radical (unpaired) electrons. The van der Waals surface area contributed by atoms with E-state index < -0.39 is 0 Å². The van der Waals surface area contributed by atoms with E-state index in [2.05, 4.69) is 19.9 Å². The molecular weight excluding hydrogens is 302 g/mol. The minimum absolute atomic E-state index is 0.232. The number of aromatic amines is 1. The molecule has 3 rings (SSSR count). The van der Waals surface area contributed by atoms with Crippen LogP contribution in [0.15, 0.2) is 28.2 Å². The molecule has 0 saturated carbocycles. The van der Waals surface area contributed by atoms with Crippen molar-refractivity contribution in [2.24, 2.45) is 15.7 Å². The Morgan fingerprint density at radius 3 is 2.67 bits per heavy atom. The number of H-pyrrole nitrogens is 1. The Morgan fingerprint density at radius 2 is 1.92 bits per heavy atom. The predicted octanol–water partition coefficient (Wildman–Crippen LogP) is 3.42. The molecule has 1 saturated heterocycles. The predicted molar refractivity (Wildman–Crippen MR) is 99.1 cm³/mol. The monoisotopic (exact) mass is 327 g/mol. The molecule has 24 heavy (non-hydrogen) atoms. The Balaban J connectivity index is 1.75. The number of hydrogen-bond donors (Lipinski definition) is 3. The summed E-state index contributed by atoms with van der Waals surface area (Å²) < 4.78 is 0. The second kappa shape index (κ2) is 7.38. The maximum atomic E-state index is 9.61. The second-order valence-corrected chi connectivity index (χ2v) is 6.35. The molecule has 4 N–H and O–H groups in total. The van der Waals surface area contributed by atoms with Crippen molar-refractivity contribution in [3.8, 4) is 5.75 Å². The third-order valence-electron chi connectivity index (χ3n) is 4.49. The highest BCUT2D eigenvalue weighted by molar-refractivity contribution is 5.92. The van der Waals surface area contributed by atoms with Crippen LogP contribution in [0.5, 0.6) is 5.75 Å². The number of nitrogens with two attached hydrogens (primary N) is 1. The molecule has 0 bridgehead atoms. The van der Waals surface area contributed by atoms with Gasteiger partial charge in [-0.3, -0.25) is 0 Å². The second-order valence-electron chi connectivity index (χ2n) is 6.35. The molecule has 1 aliphatic heterocycles. The van der Waals surface area contributed by atoms with Crippen LogP contribution in [0.1, 0.15) is 37.7 Å². The molecule has 2 heterocycles. The largest absolute Gasteiger partial charge is 0.508 e. The average molecular weight is 327 g/mol. The van der Waals surface area contributed by atoms with Crippen molar-refractivity contribution in [2.45, 2.75) is 39.0 Å². The summed E-state index contributed by atoms with van der Waals surface area (Å²) in [5.74, 6) is 1.15. The number of nitrogens with zero attached hydrogens (tertiary/aromatic N) is 3. The van der Waals surface area contributed by atoms with Crippen molar-refractivity contribution in [3.63, 3.8) is 0 Å². The van der Waals surface area contributed by atoms with E-state index in [0.29, 0.717) is 5.82 Å². The maximum Gasteiger partial charge on any atom is 0.223 e. The van der Waals surface area contributed by atoms with Gasteiger partial charge in [0, 0.05) is 29.6 Å². The first-order chi connectivity index (χ1) is 11.6. The highest BCUT2D eigenvalue weighted by atomic mass is 16.3. The van der Waals surface area contributed by atoms with Crippen LogP contribution in [-0.2, 0) is 0 Å². The molecule has 0 spiro atoms. The van der Waals surface area contributed by atoms with Gasteiger partial charge in [-0.1, -0.05) is 19.3 Å². The Morgan fingerprint density at radius 1 is 1.21 bits per heavy atom. The van der Waals surface area contributed by atoms with Crippen molar-refractivity contribution in [3.05, 3.63) is 23.8 Å². The van der Waals surface area contributed by atoms with Crippen molar-refractivity contribution >= 4 is 29.0 Å². The molecule has 0 amide bonds. The van der Waals surface area contributed by atoms with Crippen molar-refractivity contribution in [2.75, 3.05) is 13.1 Å². The highest BCUT2D eigenvalue weighted by Gasteiger charge is 2.08. The van der Waals surface area contributed by atoms with Gasteiger partial charge in [0.1, 0.15) is 11.6 Å². The van der Waals surface area contributed by atoms with Crippen LogP contribution in [0.25, 0.3) is 10.9 Å². The lowest BCUT2D eigenvalue weighted by atomic mass is 10.1. The third kappa shape index (κ3) is 3.88. The fourth-order valence-corrected chi connectivity index (χ4v) is 3.08. The molecule has 2 aromatic rings. The van der Waals surface area contributed by atoms with Gasteiger partial charge in [-0.25, -0.2) is 4.99 Å². The van der Waals surface area contributed by atoms with Gasteiger partial charge in [0.2, 0.25) is 5.96 Å². The first-order valence-corrected chi connectivity index (χ1v) is 8.57. The number of rotatable bonds is 2. The van der Waals surface area contributed by atoms with Gasteiger partial charge in [0.05, 0.1) is 6.34 Å². The standard InChI is InChI=1S/C18H25N5O/c1-13-15-11-14(24)7-8-16(15)21-17(13)22-18(19)20-12-23-9-5-3-2-4-6-10-23/h7-8,11-12,21,24H,2-6,9-10H2,1H3,(H2,19,22)/b20-12+. The number of likely N-dealkylation sites (tertiary alicyclic amines) is 1. The van der Waals surface area contributed by atoms with Gasteiger partial charge in [0.25, 0.3) is 0 Å². The minimum atomic E-state index is 0.232. The summed E-state index contributed by atoms with van der Waals surface area (Å²) in [7, 11) is 0. The normalized spacial score (nSPS) is 17.4. The number of guanidine groups is 1. The zero-order chi connectivity index (χ0) is 16.9. The molecular formula is C18H25N5O. The van der Waals surface area contributed by atoms with Crippen LogP contribution in [0.4, 0.5) is 5.82 Å². The van der Waals surface area contributed by atoms with Crippen LogP contribution in [0, 0.1) is 6.92 Å². The van der Waals surface area contributed by atoms with E-state index in [1.165, 1.54) is 32.1 Å². The summed E-state index contributed by atoms with van der Waals surface area (Å²) in [6.45, 7) is 4.01. The van der Waals surface area contributed by atoms with E-state index in [-0.39, 0.29) is 11.7 Å². The number of nitrogens with one attached hydrogen (secondary N) is 1. The van der Waals surface area contributed by atoms with Crippen LogP contribution < -0.4 is 5.73 Å². The Bertz CT molecular complexity index is 754. The van der Waals surface area contributed by atoms with Crippen molar-refractivity contribution in [1.29, 1.82) is 0 Å². The molecule has 1 aromatic carbocycles. The quantitative estimate of drug-likeness (QED) is 0.583. The number of aliphatic imine (C=N–C) groups is 2. The van der Waals surface area contributed by atoms with Gasteiger partial charge in [-0.15, -0.1) is 0 Å². The SMILES string of the molecule is Cc1c(/N=C(N)\N=C\N2CCCCCCC2)[nH]c2ccc(O)cc12. The molecule has 128 valence electrons. The molecule has 6 nitrogen and oxygen atoms in total. The van der Waals surface area contributed by atoms with Crippen LogP contribution in [0.2, 0.25) is 0 Å². The van der Waals surface area contributed by atoms with E-state index in [4.69, 9.17) is 5.73 Å². The van der Waals surface area contributed by atoms with Crippen LogP contribution in [0.3, 0.4) is 0 Å². The molecule has 0 atom stereocenters. The van der Waals surface area contributed by atoms with Crippen molar-refractivity contribution in [1.82, 2.24) is 9.88 Å². The lowest BCUT2D eigenvalue weighted by molar-refractivity contribution is 0.371. The number of phenols is 1. The van der Waals surface area contributed by atoms with Gasteiger partial charge in [-0.2, -0.15) is 4.99 Å². The minimum Gasteiger partial charge on any atom is -0.508 e. The first kappa shape index (κ1) is 16.4. The lowest BCUT2D eigenvalue weighted by Gasteiger charge is -2.21. The summed E-state index contributed by atoms with van der Waals surface area (Å²) in [5.41, 5.74) is 7.84. The summed E-state index contributed by atoms with van der Waals surface area (Å²) in [6.07, 6.45) is 8.13. The summed E-state index contributed by atoms with van der Waals surface area (Å²) in [5, 5.41) is 10.6. The van der Waals surface area contributed by atoms with Gasteiger partial charge < -0.3 is 20.7 Å². The number of aryl methyl sites for hydroxylation is 1. The summed E-state index contributed by atoms with van der Waals surface area (Å²) >= 11 is 0. The first-order valence-electron chi connectivity index (χ1n) is 8.57. The number of aromatic hydroxyl groups is 1. The number of phenolic OH excluding ortho intramolecular Hbond substituents is 1. The number of hydrogen-bond acceptors (Lipinski definition) is 2. The fourth-order valence-electron chi connectivity index (χ4n) is 3.08. The average Bonchev–Trinajstić information content (AvgIpc) is 2.82. The Hall–Kier alpha value is -2.50. The molecule has 0 aliphatic carbocycles. The molecule has 0 unspecified atom stereocenters. The number of benzene rings is 1. The van der Waals surface area contributed by atoms with E-state index in [0.717, 1.165) is 29.6 Å². The van der Waals surface area contributed by atoms with Gasteiger partial charge in [0.15, 0.2) is 0 Å². The van der Waals surface area contributed by atoms with E-state index in [9.17, 15) is 5.11 Å². The van der Waals surface area contributed by atoms with Crippen LogP contribution in [-0.4, -0.2) is 40.4 Å². The Labute approximate surface area is 142 Å². The lowest BCUT2D eigenvalue weighted by Crippen LogP contribution is -2.27. The fraction of sp³-hybridized carbons (Fsp3) is 0.444. The van der Waals surface area contributed by atoms with Gasteiger partial charge in [-0.05, 0) is 38.0 Å². The van der Waals surface area contributed by atoms with E-state index in [1.807, 2.05) is 19.3 Å². The van der Waals surface area contributed by atoms with Gasteiger partial charge >= 0.3 is 0 Å². The molecule has 1 aromatic heterocycles. The zero-order valence-electron chi connectivity index (χ0n) is 14.1. The Kier molecular flexibility index (Phi) is 5.03. The van der Waals surface area contributed by atoms with E-state index >= 15 is 0 Å². The van der Waals surface area contributed by atoms with Crippen molar-refractivity contribution < 1.29 is 5.11 Å².